The van der Waals surface area contributed by atoms with Crippen molar-refractivity contribution in [3.8, 4) is 0 Å². The van der Waals surface area contributed by atoms with E-state index < -0.39 is 0 Å². The van der Waals surface area contributed by atoms with E-state index in [9.17, 15) is 0 Å². The van der Waals surface area contributed by atoms with Gasteiger partial charge in [-0.05, 0) is 33.1 Å². The summed E-state index contributed by atoms with van der Waals surface area (Å²) < 4.78 is 3.40. The van der Waals surface area contributed by atoms with Crippen molar-refractivity contribution in [2.45, 2.75) is 13.1 Å². The predicted molar refractivity (Wildman–Crippen MR) is 83.1 cm³/mol. The molecule has 0 aliphatic rings. The highest BCUT2D eigenvalue weighted by atomic mass is 79.9. The minimum absolute atomic E-state index is 0.587. The molecule has 0 radical (unpaired) electrons. The van der Waals surface area contributed by atoms with Crippen molar-refractivity contribution in [1.29, 1.82) is 0 Å². The van der Waals surface area contributed by atoms with Gasteiger partial charge < -0.3 is 10.3 Å². The maximum atomic E-state index is 5.69. The average Bonchev–Trinajstić information content (AvgIpc) is 2.76. The first kappa shape index (κ1) is 12.5. The number of nitrogens with zero attached hydrogens (tertiary/aromatic N) is 1. The van der Waals surface area contributed by atoms with Crippen LogP contribution in [0.15, 0.2) is 59.2 Å². The molecule has 1 heterocycles. The summed E-state index contributed by atoms with van der Waals surface area (Å²) in [6, 6.07) is 16.9. The van der Waals surface area contributed by atoms with E-state index in [4.69, 9.17) is 5.73 Å². The van der Waals surface area contributed by atoms with E-state index in [2.05, 4.69) is 75.2 Å². The Morgan fingerprint density at radius 2 is 1.79 bits per heavy atom. The Bertz CT molecular complexity index is 716. The summed E-state index contributed by atoms with van der Waals surface area (Å²) in [7, 11) is 0. The van der Waals surface area contributed by atoms with Crippen LogP contribution in [-0.2, 0) is 13.1 Å². The van der Waals surface area contributed by atoms with Gasteiger partial charge in [0.15, 0.2) is 0 Å². The molecule has 3 aromatic rings. The topological polar surface area (TPSA) is 30.9 Å². The molecule has 2 N–H and O–H groups in total. The summed E-state index contributed by atoms with van der Waals surface area (Å²) in [4.78, 5) is 0. The van der Waals surface area contributed by atoms with Crippen LogP contribution in [0.1, 0.15) is 11.1 Å². The van der Waals surface area contributed by atoms with Crippen molar-refractivity contribution < 1.29 is 0 Å². The fourth-order valence-corrected chi connectivity index (χ4v) is 2.97. The van der Waals surface area contributed by atoms with Crippen molar-refractivity contribution in [2.24, 2.45) is 5.73 Å². The maximum absolute atomic E-state index is 5.69. The van der Waals surface area contributed by atoms with Crippen molar-refractivity contribution in [2.75, 3.05) is 0 Å². The highest BCUT2D eigenvalue weighted by molar-refractivity contribution is 9.10. The lowest BCUT2D eigenvalue weighted by atomic mass is 10.1. The number of hydrogen-bond acceptors (Lipinski definition) is 1. The third-order valence-electron chi connectivity index (χ3n) is 3.32. The molecule has 3 rings (SSSR count). The van der Waals surface area contributed by atoms with Gasteiger partial charge in [0.1, 0.15) is 0 Å². The SMILES string of the molecule is NCc1cccc(Cn2cc(Br)c3ccccc32)c1. The molecule has 0 saturated heterocycles. The number of fused-ring (bicyclic) bond motifs is 1. The van der Waals surface area contributed by atoms with Crippen LogP contribution < -0.4 is 5.73 Å². The quantitative estimate of drug-likeness (QED) is 0.780. The Labute approximate surface area is 121 Å². The zero-order valence-corrected chi connectivity index (χ0v) is 12.1. The first-order valence-electron chi connectivity index (χ1n) is 6.29. The molecule has 0 fully saturated rings. The third kappa shape index (κ3) is 2.44. The van der Waals surface area contributed by atoms with Gasteiger partial charge >= 0.3 is 0 Å². The fraction of sp³-hybridized carbons (Fsp3) is 0.125. The normalized spacial score (nSPS) is 11.1. The number of para-hydroxylation sites is 1. The van der Waals surface area contributed by atoms with Crippen LogP contribution in [-0.4, -0.2) is 4.57 Å². The van der Waals surface area contributed by atoms with Crippen molar-refractivity contribution >= 4 is 26.8 Å². The van der Waals surface area contributed by atoms with Crippen LogP contribution in [0, 0.1) is 0 Å². The minimum Gasteiger partial charge on any atom is -0.342 e. The lowest BCUT2D eigenvalue weighted by Crippen LogP contribution is -2.01. The first-order chi connectivity index (χ1) is 9.28. The van der Waals surface area contributed by atoms with Crippen LogP contribution in [0.5, 0.6) is 0 Å². The van der Waals surface area contributed by atoms with Gasteiger partial charge in [-0.15, -0.1) is 0 Å². The van der Waals surface area contributed by atoms with Crippen molar-refractivity contribution in [3.63, 3.8) is 0 Å². The summed E-state index contributed by atoms with van der Waals surface area (Å²) in [6.07, 6.45) is 2.14. The highest BCUT2D eigenvalue weighted by Crippen LogP contribution is 2.26. The largest absolute Gasteiger partial charge is 0.342 e. The van der Waals surface area contributed by atoms with E-state index in [1.165, 1.54) is 22.0 Å². The standard InChI is InChI=1S/C16H15BrN2/c17-15-11-19(16-7-2-1-6-14(15)16)10-13-5-3-4-12(8-13)9-18/h1-8,11H,9-10,18H2. The number of aromatic nitrogens is 1. The molecule has 0 saturated carbocycles. The Morgan fingerprint density at radius 3 is 2.63 bits per heavy atom. The molecule has 1 aromatic heterocycles. The van der Waals surface area contributed by atoms with E-state index in [1.807, 2.05) is 0 Å². The molecular formula is C16H15BrN2. The van der Waals surface area contributed by atoms with E-state index in [0.29, 0.717) is 6.54 Å². The number of nitrogens with two attached hydrogens (primary N) is 1. The number of halogens is 1. The zero-order chi connectivity index (χ0) is 13.2. The monoisotopic (exact) mass is 314 g/mol. The van der Waals surface area contributed by atoms with Gasteiger partial charge in [0.2, 0.25) is 0 Å². The van der Waals surface area contributed by atoms with Crippen LogP contribution in [0.3, 0.4) is 0 Å². The Hall–Kier alpha value is -1.58. The molecule has 0 amide bonds. The Morgan fingerprint density at radius 1 is 1.00 bits per heavy atom. The molecule has 0 unspecified atom stereocenters. The molecule has 0 aliphatic carbocycles. The van der Waals surface area contributed by atoms with Gasteiger partial charge in [-0.3, -0.25) is 0 Å². The van der Waals surface area contributed by atoms with Gasteiger partial charge in [0, 0.05) is 34.7 Å². The Kier molecular flexibility index (Phi) is 3.40. The van der Waals surface area contributed by atoms with Crippen LogP contribution in [0.2, 0.25) is 0 Å². The molecule has 2 aromatic carbocycles. The average molecular weight is 315 g/mol. The smallest absolute Gasteiger partial charge is 0.0495 e. The number of benzene rings is 2. The second-order valence-corrected chi connectivity index (χ2v) is 5.50. The molecule has 0 aliphatic heterocycles. The van der Waals surface area contributed by atoms with Gasteiger partial charge in [-0.1, -0.05) is 42.5 Å². The lowest BCUT2D eigenvalue weighted by Gasteiger charge is -2.07. The third-order valence-corrected chi connectivity index (χ3v) is 3.95. The van der Waals surface area contributed by atoms with Crippen LogP contribution >= 0.6 is 15.9 Å². The van der Waals surface area contributed by atoms with E-state index in [-0.39, 0.29) is 0 Å². The summed E-state index contributed by atoms with van der Waals surface area (Å²) >= 11 is 3.62. The zero-order valence-electron chi connectivity index (χ0n) is 10.5. The molecular weight excluding hydrogens is 300 g/mol. The number of rotatable bonds is 3. The minimum atomic E-state index is 0.587. The van der Waals surface area contributed by atoms with Crippen molar-refractivity contribution in [3.05, 3.63) is 70.3 Å². The van der Waals surface area contributed by atoms with Gasteiger partial charge in [0.25, 0.3) is 0 Å². The molecule has 0 atom stereocenters. The summed E-state index contributed by atoms with van der Waals surface area (Å²) in [6.45, 7) is 1.45. The summed E-state index contributed by atoms with van der Waals surface area (Å²) in [5.41, 5.74) is 9.38. The molecule has 19 heavy (non-hydrogen) atoms. The molecule has 0 bridgehead atoms. The van der Waals surface area contributed by atoms with E-state index >= 15 is 0 Å². The van der Waals surface area contributed by atoms with E-state index in [0.717, 1.165) is 11.0 Å². The van der Waals surface area contributed by atoms with Gasteiger partial charge in [-0.2, -0.15) is 0 Å². The molecule has 0 spiro atoms. The number of hydrogen-bond donors (Lipinski definition) is 1. The highest BCUT2D eigenvalue weighted by Gasteiger charge is 2.06. The second kappa shape index (κ2) is 5.19. The second-order valence-electron chi connectivity index (χ2n) is 4.65. The maximum Gasteiger partial charge on any atom is 0.0495 e. The predicted octanol–water partition coefficient (Wildman–Crippen LogP) is 3.91. The summed E-state index contributed by atoms with van der Waals surface area (Å²) in [5.74, 6) is 0. The lowest BCUT2D eigenvalue weighted by molar-refractivity contribution is 0.832. The van der Waals surface area contributed by atoms with Gasteiger partial charge in [0.05, 0.1) is 0 Å². The van der Waals surface area contributed by atoms with Crippen LogP contribution in [0.25, 0.3) is 10.9 Å². The molecule has 96 valence electrons. The van der Waals surface area contributed by atoms with Crippen molar-refractivity contribution in [1.82, 2.24) is 4.57 Å². The Balaban J connectivity index is 2.01. The fourth-order valence-electron chi connectivity index (χ4n) is 2.38. The van der Waals surface area contributed by atoms with Gasteiger partial charge in [-0.25, -0.2) is 0 Å². The van der Waals surface area contributed by atoms with Crippen LogP contribution in [0.4, 0.5) is 0 Å². The van der Waals surface area contributed by atoms with E-state index in [1.54, 1.807) is 0 Å². The molecule has 2 nitrogen and oxygen atoms in total. The first-order valence-corrected chi connectivity index (χ1v) is 7.08. The molecule has 3 heteroatoms. The summed E-state index contributed by atoms with van der Waals surface area (Å²) in [5, 5.41) is 1.25.